The molecule has 0 radical (unpaired) electrons. The van der Waals surface area contributed by atoms with Crippen molar-refractivity contribution in [3.8, 4) is 0 Å². The van der Waals surface area contributed by atoms with Crippen LogP contribution in [0, 0.1) is 5.92 Å². The summed E-state index contributed by atoms with van der Waals surface area (Å²) in [5.74, 6) is 0.759. The second-order valence-electron chi connectivity index (χ2n) is 3.69. The molecule has 0 aliphatic carbocycles. The molecule has 0 saturated carbocycles. The molecule has 0 aromatic rings. The van der Waals surface area contributed by atoms with E-state index in [0.29, 0.717) is 6.10 Å². The second-order valence-corrected chi connectivity index (χ2v) is 3.69. The van der Waals surface area contributed by atoms with E-state index in [-0.39, 0.29) is 0 Å². The zero-order chi connectivity index (χ0) is 8.23. The van der Waals surface area contributed by atoms with Gasteiger partial charge in [0.1, 0.15) is 0 Å². The monoisotopic (exact) mass is 167 g/mol. The van der Waals surface area contributed by atoms with Crippen molar-refractivity contribution in [1.82, 2.24) is 5.32 Å². The summed E-state index contributed by atoms with van der Waals surface area (Å²) < 4.78 is 5.51. The molecule has 2 fully saturated rings. The highest BCUT2D eigenvalue weighted by atomic mass is 16.5. The fourth-order valence-corrected chi connectivity index (χ4v) is 1.88. The molecule has 0 spiro atoms. The Morgan fingerprint density at radius 1 is 1.25 bits per heavy atom. The third-order valence-corrected chi connectivity index (χ3v) is 2.66. The first kappa shape index (κ1) is 8.27. The van der Waals surface area contributed by atoms with E-state index >= 15 is 0 Å². The van der Waals surface area contributed by atoms with Gasteiger partial charge in [0.15, 0.2) is 0 Å². The molecule has 0 aromatic carbocycles. The first-order chi connectivity index (χ1) is 5.95. The highest BCUT2D eigenvalue weighted by Crippen LogP contribution is 2.15. The fourth-order valence-electron chi connectivity index (χ4n) is 1.88. The van der Waals surface area contributed by atoms with Gasteiger partial charge in [0.05, 0.1) is 6.10 Å². The van der Waals surface area contributed by atoms with Crippen LogP contribution in [0.5, 0.6) is 0 Å². The van der Waals surface area contributed by atoms with E-state index in [1.54, 1.807) is 0 Å². The Labute approximate surface area is 74.0 Å². The van der Waals surface area contributed by atoms with Gasteiger partial charge in [-0.1, -0.05) is 12.2 Å². The summed E-state index contributed by atoms with van der Waals surface area (Å²) in [6.07, 6.45) is 8.75. The maximum atomic E-state index is 5.51. The maximum Gasteiger partial charge on any atom is 0.0756 e. The van der Waals surface area contributed by atoms with Crippen molar-refractivity contribution in [3.05, 3.63) is 12.2 Å². The third kappa shape index (κ3) is 2.08. The Balaban J connectivity index is 1.75. The van der Waals surface area contributed by atoms with Crippen molar-refractivity contribution in [1.29, 1.82) is 0 Å². The predicted octanol–water partition coefficient (Wildman–Crippen LogP) is 1.33. The molecule has 68 valence electrons. The number of rotatable bonds is 2. The van der Waals surface area contributed by atoms with Crippen LogP contribution in [0.15, 0.2) is 12.2 Å². The summed E-state index contributed by atoms with van der Waals surface area (Å²) in [4.78, 5) is 0. The number of hydrogen-bond donors (Lipinski definition) is 1. The van der Waals surface area contributed by atoms with Gasteiger partial charge in [0.2, 0.25) is 0 Å². The summed E-state index contributed by atoms with van der Waals surface area (Å²) in [5.41, 5.74) is 0. The molecule has 1 N–H and O–H groups in total. The molecular weight excluding hydrogens is 150 g/mol. The first-order valence-corrected chi connectivity index (χ1v) is 4.96. The zero-order valence-electron chi connectivity index (χ0n) is 7.46. The Morgan fingerprint density at radius 3 is 2.92 bits per heavy atom. The first-order valence-electron chi connectivity index (χ1n) is 4.96. The van der Waals surface area contributed by atoms with Crippen LogP contribution in [-0.4, -0.2) is 25.8 Å². The molecule has 2 rings (SSSR count). The van der Waals surface area contributed by atoms with E-state index in [2.05, 4.69) is 17.5 Å². The lowest BCUT2D eigenvalue weighted by Gasteiger charge is -2.04. The van der Waals surface area contributed by atoms with Crippen molar-refractivity contribution in [2.45, 2.75) is 25.4 Å². The van der Waals surface area contributed by atoms with Crippen LogP contribution in [-0.2, 0) is 4.74 Å². The van der Waals surface area contributed by atoms with Crippen LogP contribution in [0.4, 0.5) is 0 Å². The lowest BCUT2D eigenvalue weighted by atomic mass is 10.1. The maximum absolute atomic E-state index is 5.51. The Morgan fingerprint density at radius 2 is 2.25 bits per heavy atom. The Bertz CT molecular complexity index is 137. The van der Waals surface area contributed by atoms with Gasteiger partial charge in [-0.25, -0.2) is 0 Å². The third-order valence-electron chi connectivity index (χ3n) is 2.66. The summed E-state index contributed by atoms with van der Waals surface area (Å²) in [6.45, 7) is 3.29. The molecule has 2 aliphatic heterocycles. The smallest absolute Gasteiger partial charge is 0.0756 e. The summed E-state index contributed by atoms with van der Waals surface area (Å²) >= 11 is 0. The minimum absolute atomic E-state index is 0.422. The van der Waals surface area contributed by atoms with Gasteiger partial charge >= 0.3 is 0 Å². The van der Waals surface area contributed by atoms with Crippen LogP contribution in [0.25, 0.3) is 0 Å². The Hall–Kier alpha value is -0.340. The quantitative estimate of drug-likeness (QED) is 0.626. The highest BCUT2D eigenvalue weighted by molar-refractivity contribution is 4.97. The zero-order valence-corrected chi connectivity index (χ0v) is 7.46. The van der Waals surface area contributed by atoms with Gasteiger partial charge in [0.25, 0.3) is 0 Å². The van der Waals surface area contributed by atoms with Crippen molar-refractivity contribution in [2.75, 3.05) is 19.7 Å². The molecular formula is C10H17NO. The van der Waals surface area contributed by atoms with Gasteiger partial charge in [-0.15, -0.1) is 0 Å². The molecule has 2 atom stereocenters. The van der Waals surface area contributed by atoms with Gasteiger partial charge in [-0.3, -0.25) is 0 Å². The van der Waals surface area contributed by atoms with E-state index in [9.17, 15) is 0 Å². The largest absolute Gasteiger partial charge is 0.374 e. The van der Waals surface area contributed by atoms with Gasteiger partial charge in [-0.2, -0.15) is 0 Å². The minimum Gasteiger partial charge on any atom is -0.374 e. The number of nitrogens with one attached hydrogen (secondary N) is 1. The topological polar surface area (TPSA) is 21.3 Å². The molecule has 2 nitrogen and oxygen atoms in total. The second kappa shape index (κ2) is 4.06. The summed E-state index contributed by atoms with van der Waals surface area (Å²) in [7, 11) is 0. The molecule has 0 aromatic heterocycles. The van der Waals surface area contributed by atoms with Crippen LogP contribution in [0.1, 0.15) is 19.3 Å². The number of ether oxygens (including phenoxy) is 1. The summed E-state index contributed by atoms with van der Waals surface area (Å²) in [5, 5.41) is 3.36. The molecule has 0 amide bonds. The highest BCUT2D eigenvalue weighted by Gasteiger charge is 2.14. The number of hydrogen-bond acceptors (Lipinski definition) is 2. The van der Waals surface area contributed by atoms with Crippen molar-refractivity contribution in [3.63, 3.8) is 0 Å². The van der Waals surface area contributed by atoms with E-state index in [4.69, 9.17) is 4.74 Å². The van der Waals surface area contributed by atoms with Crippen LogP contribution >= 0.6 is 0 Å². The van der Waals surface area contributed by atoms with Crippen molar-refractivity contribution in [2.24, 2.45) is 5.92 Å². The SMILES string of the molecule is C(=C\C1CCCO1)/C1CCNC1. The lowest BCUT2D eigenvalue weighted by molar-refractivity contribution is 0.145. The Kier molecular flexibility index (Phi) is 2.79. The van der Waals surface area contributed by atoms with Crippen LogP contribution < -0.4 is 5.32 Å². The van der Waals surface area contributed by atoms with Gasteiger partial charge in [0, 0.05) is 13.2 Å². The minimum atomic E-state index is 0.422. The molecule has 2 heterocycles. The molecule has 12 heavy (non-hydrogen) atoms. The van der Waals surface area contributed by atoms with E-state index < -0.39 is 0 Å². The molecule has 2 heteroatoms. The average Bonchev–Trinajstić information content (AvgIpc) is 2.74. The van der Waals surface area contributed by atoms with Crippen molar-refractivity contribution < 1.29 is 4.74 Å². The van der Waals surface area contributed by atoms with E-state index in [1.165, 1.54) is 25.8 Å². The van der Waals surface area contributed by atoms with Crippen molar-refractivity contribution >= 4 is 0 Å². The van der Waals surface area contributed by atoms with E-state index in [1.807, 2.05) is 0 Å². The predicted molar refractivity (Wildman–Crippen MR) is 49.1 cm³/mol. The standard InChI is InChI=1S/C10H17NO/c1-2-10(12-7-1)4-3-9-5-6-11-8-9/h3-4,9-11H,1-2,5-8H2/b4-3+. The van der Waals surface area contributed by atoms with Crippen LogP contribution in [0.2, 0.25) is 0 Å². The fraction of sp³-hybridized carbons (Fsp3) is 0.800. The molecule has 0 bridgehead atoms. The molecule has 2 aliphatic rings. The van der Waals surface area contributed by atoms with E-state index in [0.717, 1.165) is 19.1 Å². The summed E-state index contributed by atoms with van der Waals surface area (Å²) in [6, 6.07) is 0. The van der Waals surface area contributed by atoms with Crippen LogP contribution in [0.3, 0.4) is 0 Å². The molecule has 2 unspecified atom stereocenters. The normalized spacial score (nSPS) is 36.7. The molecule has 2 saturated heterocycles. The average molecular weight is 167 g/mol. The van der Waals surface area contributed by atoms with Gasteiger partial charge in [-0.05, 0) is 31.7 Å². The van der Waals surface area contributed by atoms with Gasteiger partial charge < -0.3 is 10.1 Å². The lowest BCUT2D eigenvalue weighted by Crippen LogP contribution is -2.08.